The molecule has 0 aromatic carbocycles. The summed E-state index contributed by atoms with van der Waals surface area (Å²) < 4.78 is 28.3. The number of nitrogens with zero attached hydrogens (tertiary/aromatic N) is 1. The van der Waals surface area contributed by atoms with Crippen molar-refractivity contribution in [3.63, 3.8) is 0 Å². The van der Waals surface area contributed by atoms with Gasteiger partial charge in [-0.2, -0.15) is 5.26 Å². The highest BCUT2D eigenvalue weighted by Crippen LogP contribution is 2.73. The molecule has 3 fully saturated rings. The zero-order valence-electron chi connectivity index (χ0n) is 24.3. The Kier molecular flexibility index (Phi) is 5.78. The molecule has 0 aromatic rings. The van der Waals surface area contributed by atoms with E-state index in [0.29, 0.717) is 6.42 Å². The van der Waals surface area contributed by atoms with Crippen LogP contribution in [-0.4, -0.2) is 31.8 Å². The van der Waals surface area contributed by atoms with Crippen molar-refractivity contribution in [1.29, 1.82) is 5.26 Å². The molecule has 208 valence electrons. The summed E-state index contributed by atoms with van der Waals surface area (Å²) in [4.78, 5) is 27.6. The molecule has 5 rings (SSSR count). The Hall–Kier alpha value is -1.78. The molecule has 0 heterocycles. The van der Waals surface area contributed by atoms with Crippen LogP contribution >= 0.6 is 0 Å². The number of hydrogen-bond donors (Lipinski definition) is 1. The highest BCUT2D eigenvalue weighted by molar-refractivity contribution is 7.88. The summed E-state index contributed by atoms with van der Waals surface area (Å²) in [5, 5.41) is 9.87. The first-order chi connectivity index (χ1) is 17.3. The van der Waals surface area contributed by atoms with Crippen LogP contribution in [0.2, 0.25) is 0 Å². The van der Waals surface area contributed by atoms with Gasteiger partial charge in [0.2, 0.25) is 10.0 Å². The van der Waals surface area contributed by atoms with Gasteiger partial charge in [0.15, 0.2) is 11.6 Å². The summed E-state index contributed by atoms with van der Waals surface area (Å²) in [6.45, 7) is 15.1. The smallest absolute Gasteiger partial charge is 0.209 e. The predicted octanol–water partition coefficient (Wildman–Crippen LogP) is 5.51. The fourth-order valence-corrected chi connectivity index (χ4v) is 11.3. The van der Waals surface area contributed by atoms with Gasteiger partial charge in [-0.05, 0) is 79.1 Å². The Bertz CT molecular complexity index is 1330. The number of sulfonamides is 1. The Morgan fingerprint density at radius 2 is 1.61 bits per heavy atom. The lowest BCUT2D eigenvalue weighted by molar-refractivity contribution is -0.159. The number of fused-ring (bicyclic) bond motifs is 7. The minimum absolute atomic E-state index is 0.00933. The summed E-state index contributed by atoms with van der Waals surface area (Å²) in [5.41, 5.74) is -1.21. The van der Waals surface area contributed by atoms with Gasteiger partial charge in [-0.1, -0.05) is 60.1 Å². The number of carbonyl (C=O) groups excluding carboxylic acids is 2. The van der Waals surface area contributed by atoms with Crippen LogP contribution in [0, 0.1) is 56.2 Å². The van der Waals surface area contributed by atoms with Crippen LogP contribution in [0.25, 0.3) is 0 Å². The third-order valence-corrected chi connectivity index (χ3v) is 13.0. The second kappa shape index (κ2) is 7.91. The van der Waals surface area contributed by atoms with Crippen LogP contribution in [0.4, 0.5) is 0 Å². The first-order valence-corrected chi connectivity index (χ1v) is 16.1. The van der Waals surface area contributed by atoms with Gasteiger partial charge in [-0.3, -0.25) is 9.59 Å². The summed E-state index contributed by atoms with van der Waals surface area (Å²) >= 11 is 0. The summed E-state index contributed by atoms with van der Waals surface area (Å²) in [7, 11) is -3.45. The van der Waals surface area contributed by atoms with Crippen LogP contribution in [0.5, 0.6) is 0 Å². The number of rotatable bonds is 2. The molecule has 7 heteroatoms. The molecular formula is C31H44N2O4S. The number of carbonyl (C=O) groups is 2. The monoisotopic (exact) mass is 540 g/mol. The molecule has 6 nitrogen and oxygen atoms in total. The SMILES string of the molecule is CC1(C)CCC2(NS(C)(=O)=O)CCC3(C)C(C(=O)C=C4C5(C)C=C(C#N)C(=O)C(C)(C)C5CCC43C)C2C1. The summed E-state index contributed by atoms with van der Waals surface area (Å²) in [6.07, 6.45) is 10.6. The highest BCUT2D eigenvalue weighted by Gasteiger charge is 2.70. The van der Waals surface area contributed by atoms with Gasteiger partial charge in [0.05, 0.1) is 11.8 Å². The quantitative estimate of drug-likeness (QED) is 0.497. The van der Waals surface area contributed by atoms with Crippen LogP contribution < -0.4 is 4.72 Å². The van der Waals surface area contributed by atoms with Crippen molar-refractivity contribution in [2.45, 2.75) is 99.0 Å². The molecule has 0 saturated heterocycles. The molecule has 5 aliphatic carbocycles. The fraction of sp³-hybridized carbons (Fsp3) is 0.774. The third kappa shape index (κ3) is 3.54. The molecule has 0 radical (unpaired) electrons. The van der Waals surface area contributed by atoms with Crippen molar-refractivity contribution in [3.8, 4) is 6.07 Å². The minimum atomic E-state index is -3.45. The topological polar surface area (TPSA) is 104 Å². The van der Waals surface area contributed by atoms with Gasteiger partial charge in [-0.15, -0.1) is 0 Å². The second-order valence-corrected chi connectivity index (χ2v) is 17.0. The molecule has 7 atom stereocenters. The molecule has 0 aliphatic heterocycles. The minimum Gasteiger partial charge on any atom is -0.295 e. The average Bonchev–Trinajstić information content (AvgIpc) is 2.78. The number of hydrogen-bond acceptors (Lipinski definition) is 5. The molecule has 5 aliphatic rings. The fourth-order valence-electron chi connectivity index (χ4n) is 10.2. The van der Waals surface area contributed by atoms with Crippen molar-refractivity contribution in [3.05, 3.63) is 23.3 Å². The first kappa shape index (κ1) is 27.8. The third-order valence-electron chi connectivity index (χ3n) is 12.2. The van der Waals surface area contributed by atoms with Gasteiger partial charge in [0.1, 0.15) is 6.07 Å². The molecule has 0 amide bonds. The van der Waals surface area contributed by atoms with E-state index in [1.165, 1.54) is 6.26 Å². The lowest BCUT2D eigenvalue weighted by Crippen LogP contribution is -2.69. The second-order valence-electron chi connectivity index (χ2n) is 15.3. The number of nitrogens with one attached hydrogen (secondary N) is 1. The Labute approximate surface area is 228 Å². The van der Waals surface area contributed by atoms with E-state index in [4.69, 9.17) is 0 Å². The number of nitriles is 1. The van der Waals surface area contributed by atoms with Crippen LogP contribution in [-0.2, 0) is 19.6 Å². The molecule has 0 spiro atoms. The number of Topliss-reactive ketones (excluding diaryl/α,β-unsaturated/α-hetero) is 1. The van der Waals surface area contributed by atoms with Crippen LogP contribution in [0.15, 0.2) is 23.3 Å². The van der Waals surface area contributed by atoms with E-state index < -0.39 is 26.4 Å². The molecule has 0 bridgehead atoms. The lowest BCUT2D eigenvalue weighted by atomic mass is 9.35. The standard InChI is InChI=1S/C31H44N2O4S/c1-26(2)11-13-31(33-38(8,36)37)14-12-30(7)24(20(31)17-26)21(34)15-23-28(5)16-19(18-32)25(35)27(3,4)22(28)9-10-29(23,30)6/h15-16,20,22,24,33H,9-14,17H2,1-8H3. The zero-order valence-corrected chi connectivity index (χ0v) is 25.1. The summed E-state index contributed by atoms with van der Waals surface area (Å²) in [5.74, 6) is -0.365. The van der Waals surface area contributed by atoms with E-state index in [9.17, 15) is 23.3 Å². The van der Waals surface area contributed by atoms with Gasteiger partial charge >= 0.3 is 0 Å². The molecule has 38 heavy (non-hydrogen) atoms. The Morgan fingerprint density at radius 1 is 0.974 bits per heavy atom. The lowest BCUT2D eigenvalue weighted by Gasteiger charge is -2.69. The van der Waals surface area contributed by atoms with E-state index in [1.54, 1.807) is 0 Å². The maximum Gasteiger partial charge on any atom is 0.209 e. The van der Waals surface area contributed by atoms with Crippen LogP contribution in [0.1, 0.15) is 93.4 Å². The average molecular weight is 541 g/mol. The van der Waals surface area contributed by atoms with Crippen molar-refractivity contribution in [2.24, 2.45) is 44.8 Å². The number of allylic oxidation sites excluding steroid dienone is 4. The Morgan fingerprint density at radius 3 is 2.21 bits per heavy atom. The molecule has 7 unspecified atom stereocenters. The van der Waals surface area contributed by atoms with Crippen molar-refractivity contribution >= 4 is 21.6 Å². The van der Waals surface area contributed by atoms with E-state index in [2.05, 4.69) is 45.4 Å². The van der Waals surface area contributed by atoms with Gasteiger partial charge < -0.3 is 0 Å². The van der Waals surface area contributed by atoms with Gasteiger partial charge in [0, 0.05) is 22.3 Å². The molecule has 1 N–H and O–H groups in total. The van der Waals surface area contributed by atoms with Crippen molar-refractivity contribution in [1.82, 2.24) is 4.72 Å². The highest BCUT2D eigenvalue weighted by atomic mass is 32.2. The molecule has 3 saturated carbocycles. The maximum absolute atomic E-state index is 14.4. The first-order valence-electron chi connectivity index (χ1n) is 14.2. The Balaban J connectivity index is 1.70. The zero-order chi connectivity index (χ0) is 28.3. The predicted molar refractivity (Wildman–Crippen MR) is 147 cm³/mol. The van der Waals surface area contributed by atoms with Crippen molar-refractivity contribution < 1.29 is 18.0 Å². The van der Waals surface area contributed by atoms with Gasteiger partial charge in [0.25, 0.3) is 0 Å². The molecule has 0 aromatic heterocycles. The van der Waals surface area contributed by atoms with Crippen molar-refractivity contribution in [2.75, 3.05) is 6.26 Å². The summed E-state index contributed by atoms with van der Waals surface area (Å²) in [6, 6.07) is 2.16. The van der Waals surface area contributed by atoms with E-state index in [0.717, 1.165) is 44.1 Å². The van der Waals surface area contributed by atoms with Crippen LogP contribution in [0.3, 0.4) is 0 Å². The van der Waals surface area contributed by atoms with E-state index in [1.807, 2.05) is 26.0 Å². The van der Waals surface area contributed by atoms with E-state index in [-0.39, 0.29) is 51.1 Å². The van der Waals surface area contributed by atoms with Gasteiger partial charge in [-0.25, -0.2) is 13.1 Å². The largest absolute Gasteiger partial charge is 0.295 e. The van der Waals surface area contributed by atoms with E-state index >= 15 is 0 Å². The number of ketones is 2. The molecular weight excluding hydrogens is 496 g/mol. The normalized spacial score (nSPS) is 45.4. The maximum atomic E-state index is 14.4.